The molecule has 0 radical (unpaired) electrons. The second-order valence-corrected chi connectivity index (χ2v) is 11.5. The van der Waals surface area contributed by atoms with Gasteiger partial charge < -0.3 is 29.7 Å². The summed E-state index contributed by atoms with van der Waals surface area (Å²) in [6, 6.07) is 14.4. The largest absolute Gasteiger partial charge is 0.486 e. The van der Waals surface area contributed by atoms with Crippen LogP contribution in [0.25, 0.3) is 10.9 Å². The highest BCUT2D eigenvalue weighted by molar-refractivity contribution is 6.32. The minimum atomic E-state index is -0.594. The van der Waals surface area contributed by atoms with Gasteiger partial charge in [-0.1, -0.05) is 24.2 Å². The van der Waals surface area contributed by atoms with Gasteiger partial charge in [0.25, 0.3) is 0 Å². The second-order valence-electron chi connectivity index (χ2n) is 11.1. The molecule has 1 fully saturated rings. The van der Waals surface area contributed by atoms with Crippen molar-refractivity contribution >= 4 is 51.7 Å². The Kier molecular flexibility index (Phi) is 9.15. The van der Waals surface area contributed by atoms with Gasteiger partial charge in [-0.05, 0) is 63.2 Å². The number of fused-ring (bicyclic) bond motifs is 1. The summed E-state index contributed by atoms with van der Waals surface area (Å²) in [5.41, 5.74) is 1.85. The molecule has 228 valence electrons. The number of nitrogens with one attached hydrogen (secondary N) is 2. The summed E-state index contributed by atoms with van der Waals surface area (Å²) in [6.45, 7) is 10.2. The van der Waals surface area contributed by atoms with E-state index in [1.165, 1.54) is 12.4 Å². The quantitative estimate of drug-likeness (QED) is 0.202. The standard InChI is InChI=1S/C32H33ClN6O5/c1-5-29(40)38-26-15-23-25(16-28(26)43-22-11-13-39(17-22)31(41)44-32(2,3)4)35-19-36-30(23)37-20-9-10-27(24(33)14-20)42-18-21-8-6-7-12-34-21/h5-10,12,14-16,19,22H,1,11,13,17-18H2,2-4H3,(H,38,40)(H,35,36,37). The van der Waals surface area contributed by atoms with Crippen LogP contribution < -0.4 is 20.1 Å². The van der Waals surface area contributed by atoms with Crippen LogP contribution in [0.1, 0.15) is 32.9 Å². The first kappa shape index (κ1) is 30.6. The number of carbonyl (C=O) groups is 2. The van der Waals surface area contributed by atoms with Crippen molar-refractivity contribution in [3.05, 3.63) is 84.4 Å². The lowest BCUT2D eigenvalue weighted by Gasteiger charge is -2.24. The lowest BCUT2D eigenvalue weighted by Crippen LogP contribution is -2.36. The zero-order chi connectivity index (χ0) is 31.3. The third-order valence-corrected chi connectivity index (χ3v) is 6.86. The molecular weight excluding hydrogens is 584 g/mol. The molecule has 2 aromatic carbocycles. The summed E-state index contributed by atoms with van der Waals surface area (Å²) < 4.78 is 17.6. The van der Waals surface area contributed by atoms with Crippen molar-refractivity contribution in [2.24, 2.45) is 0 Å². The average Bonchev–Trinajstić information content (AvgIpc) is 3.46. The van der Waals surface area contributed by atoms with Gasteiger partial charge in [0.15, 0.2) is 0 Å². The molecule has 1 atom stereocenters. The molecule has 0 aliphatic carbocycles. The molecular formula is C32H33ClN6O5. The fraction of sp³-hybridized carbons (Fsp3) is 0.281. The second kappa shape index (κ2) is 13.2. The zero-order valence-corrected chi connectivity index (χ0v) is 25.4. The first-order chi connectivity index (χ1) is 21.1. The lowest BCUT2D eigenvalue weighted by atomic mass is 10.1. The molecule has 11 nitrogen and oxygen atoms in total. The minimum absolute atomic E-state index is 0.285. The van der Waals surface area contributed by atoms with Crippen LogP contribution in [0.2, 0.25) is 5.02 Å². The maximum Gasteiger partial charge on any atom is 0.410 e. The van der Waals surface area contributed by atoms with E-state index in [0.29, 0.717) is 64.1 Å². The van der Waals surface area contributed by atoms with Crippen molar-refractivity contribution in [3.8, 4) is 11.5 Å². The van der Waals surface area contributed by atoms with Gasteiger partial charge >= 0.3 is 6.09 Å². The highest BCUT2D eigenvalue weighted by Gasteiger charge is 2.31. The number of halogens is 1. The SMILES string of the molecule is C=CC(=O)Nc1cc2c(Nc3ccc(OCc4ccccn4)c(Cl)c3)ncnc2cc1OC1CCN(C(=O)OC(C)(C)C)C1. The van der Waals surface area contributed by atoms with Crippen molar-refractivity contribution in [2.45, 2.75) is 45.5 Å². The van der Waals surface area contributed by atoms with E-state index in [9.17, 15) is 9.59 Å². The Morgan fingerprint density at radius 2 is 1.95 bits per heavy atom. The summed E-state index contributed by atoms with van der Waals surface area (Å²) in [6.07, 6.45) is 4.22. The molecule has 1 saturated heterocycles. The van der Waals surface area contributed by atoms with E-state index in [1.54, 1.807) is 35.4 Å². The number of carbonyl (C=O) groups excluding carboxylic acids is 2. The van der Waals surface area contributed by atoms with Gasteiger partial charge in [0.2, 0.25) is 5.91 Å². The van der Waals surface area contributed by atoms with Gasteiger partial charge in [-0.25, -0.2) is 14.8 Å². The fourth-order valence-corrected chi connectivity index (χ4v) is 4.76. The van der Waals surface area contributed by atoms with Crippen LogP contribution in [0.4, 0.5) is 22.0 Å². The summed E-state index contributed by atoms with van der Waals surface area (Å²) in [7, 11) is 0. The van der Waals surface area contributed by atoms with Gasteiger partial charge in [0, 0.05) is 36.3 Å². The van der Waals surface area contributed by atoms with Crippen LogP contribution in [-0.2, 0) is 16.1 Å². The van der Waals surface area contributed by atoms with E-state index in [1.807, 2.05) is 45.0 Å². The van der Waals surface area contributed by atoms with E-state index in [2.05, 4.69) is 32.2 Å². The summed E-state index contributed by atoms with van der Waals surface area (Å²) in [5, 5.41) is 7.14. The van der Waals surface area contributed by atoms with Crippen molar-refractivity contribution < 1.29 is 23.8 Å². The number of likely N-dealkylation sites (tertiary alicyclic amines) is 1. The maximum atomic E-state index is 12.5. The van der Waals surface area contributed by atoms with E-state index in [4.69, 9.17) is 25.8 Å². The van der Waals surface area contributed by atoms with Crippen LogP contribution >= 0.6 is 11.6 Å². The number of amides is 2. The summed E-state index contributed by atoms with van der Waals surface area (Å²) in [5.74, 6) is 1.01. The Bertz CT molecular complexity index is 1680. The Morgan fingerprint density at radius 3 is 2.68 bits per heavy atom. The van der Waals surface area contributed by atoms with Gasteiger partial charge in [-0.3, -0.25) is 9.78 Å². The Labute approximate surface area is 260 Å². The third-order valence-electron chi connectivity index (χ3n) is 6.57. The number of benzene rings is 2. The average molecular weight is 617 g/mol. The number of hydrogen-bond donors (Lipinski definition) is 2. The van der Waals surface area contributed by atoms with Crippen LogP contribution in [0.5, 0.6) is 11.5 Å². The van der Waals surface area contributed by atoms with Crippen LogP contribution in [0.15, 0.2) is 73.7 Å². The van der Waals surface area contributed by atoms with Crippen LogP contribution in [-0.4, -0.2) is 56.6 Å². The van der Waals surface area contributed by atoms with Crippen molar-refractivity contribution in [1.82, 2.24) is 19.9 Å². The molecule has 0 bridgehead atoms. The van der Waals surface area contributed by atoms with Crippen LogP contribution in [0.3, 0.4) is 0 Å². The van der Waals surface area contributed by atoms with Gasteiger partial charge in [-0.15, -0.1) is 0 Å². The number of anilines is 3. The van der Waals surface area contributed by atoms with E-state index in [0.717, 1.165) is 5.69 Å². The number of hydrogen-bond acceptors (Lipinski definition) is 9. The van der Waals surface area contributed by atoms with E-state index >= 15 is 0 Å². The fourth-order valence-electron chi connectivity index (χ4n) is 4.53. The molecule has 2 aromatic heterocycles. The predicted molar refractivity (Wildman–Crippen MR) is 169 cm³/mol. The van der Waals surface area contributed by atoms with Gasteiger partial charge in [-0.2, -0.15) is 0 Å². The highest BCUT2D eigenvalue weighted by atomic mass is 35.5. The maximum absolute atomic E-state index is 12.5. The number of ether oxygens (including phenoxy) is 3. The van der Waals surface area contributed by atoms with Crippen molar-refractivity contribution in [2.75, 3.05) is 23.7 Å². The molecule has 44 heavy (non-hydrogen) atoms. The highest BCUT2D eigenvalue weighted by Crippen LogP contribution is 2.36. The minimum Gasteiger partial charge on any atom is -0.486 e. The molecule has 4 aromatic rings. The van der Waals surface area contributed by atoms with Crippen LogP contribution in [0, 0.1) is 0 Å². The number of pyridine rings is 1. The van der Waals surface area contributed by atoms with Gasteiger partial charge in [0.05, 0.1) is 28.5 Å². The molecule has 12 heteroatoms. The molecule has 1 aliphatic heterocycles. The summed E-state index contributed by atoms with van der Waals surface area (Å²) in [4.78, 5) is 39.6. The van der Waals surface area contributed by atoms with E-state index in [-0.39, 0.29) is 12.7 Å². The Morgan fingerprint density at radius 1 is 1.11 bits per heavy atom. The molecule has 0 spiro atoms. The van der Waals surface area contributed by atoms with E-state index < -0.39 is 17.6 Å². The monoisotopic (exact) mass is 616 g/mol. The molecule has 5 rings (SSSR count). The molecule has 3 heterocycles. The smallest absolute Gasteiger partial charge is 0.410 e. The summed E-state index contributed by atoms with van der Waals surface area (Å²) >= 11 is 6.52. The third kappa shape index (κ3) is 7.73. The number of rotatable bonds is 9. The van der Waals surface area contributed by atoms with Gasteiger partial charge in [0.1, 0.15) is 42.0 Å². The Balaban J connectivity index is 1.35. The topological polar surface area (TPSA) is 128 Å². The molecule has 1 unspecified atom stereocenters. The molecule has 0 saturated carbocycles. The number of nitrogens with zero attached hydrogens (tertiary/aromatic N) is 4. The predicted octanol–water partition coefficient (Wildman–Crippen LogP) is 6.51. The lowest BCUT2D eigenvalue weighted by molar-refractivity contribution is -0.111. The molecule has 2 amide bonds. The molecule has 2 N–H and O–H groups in total. The van der Waals surface area contributed by atoms with Crippen molar-refractivity contribution in [1.29, 1.82) is 0 Å². The number of aromatic nitrogens is 3. The first-order valence-electron chi connectivity index (χ1n) is 14.0. The molecule has 1 aliphatic rings. The Hall–Kier alpha value is -4.90. The normalized spacial score (nSPS) is 14.6. The zero-order valence-electron chi connectivity index (χ0n) is 24.7. The first-order valence-corrected chi connectivity index (χ1v) is 14.4. The van der Waals surface area contributed by atoms with Crippen molar-refractivity contribution in [3.63, 3.8) is 0 Å².